The van der Waals surface area contributed by atoms with E-state index in [0.717, 1.165) is 32.9 Å². The van der Waals surface area contributed by atoms with Crippen molar-refractivity contribution in [1.29, 1.82) is 0 Å². The number of aryl methyl sites for hydroxylation is 2. The third kappa shape index (κ3) is 4.66. The first kappa shape index (κ1) is 23.5. The van der Waals surface area contributed by atoms with Crippen molar-refractivity contribution in [1.82, 2.24) is 9.97 Å². The van der Waals surface area contributed by atoms with Gasteiger partial charge < -0.3 is 9.47 Å². The molecule has 2 heterocycles. The van der Waals surface area contributed by atoms with E-state index in [0.29, 0.717) is 27.9 Å². The lowest BCUT2D eigenvalue weighted by molar-refractivity contribution is 0.414. The smallest absolute Gasteiger partial charge is 0.171 e. The molecule has 0 spiro atoms. The van der Waals surface area contributed by atoms with Gasteiger partial charge in [0.2, 0.25) is 0 Å². The molecule has 0 fully saturated rings. The molecule has 5 aromatic rings. The van der Waals surface area contributed by atoms with Crippen LogP contribution in [0.3, 0.4) is 0 Å². The Balaban J connectivity index is 0.000000172. The normalized spacial score (nSPS) is 10.6. The van der Waals surface area contributed by atoms with Crippen LogP contribution < -0.4 is 9.47 Å². The minimum Gasteiger partial charge on any atom is -0.494 e. The molecule has 0 atom stereocenters. The number of methoxy groups -OCH3 is 2. The molecule has 0 aliphatic rings. The van der Waals surface area contributed by atoms with Crippen LogP contribution in [0.25, 0.3) is 33.1 Å². The maximum atomic E-state index is 14.0. The Kier molecular flexibility index (Phi) is 6.94. The maximum Gasteiger partial charge on any atom is 0.171 e. The van der Waals surface area contributed by atoms with Crippen molar-refractivity contribution in [2.75, 3.05) is 14.2 Å². The van der Waals surface area contributed by atoms with Crippen molar-refractivity contribution in [3.05, 3.63) is 94.9 Å². The highest BCUT2D eigenvalue weighted by molar-refractivity contribution is 6.31. The highest BCUT2D eigenvalue weighted by Gasteiger charge is 2.14. The molecule has 0 saturated heterocycles. The molecule has 6 heteroatoms. The van der Waals surface area contributed by atoms with Crippen molar-refractivity contribution >= 4 is 33.4 Å². The summed E-state index contributed by atoms with van der Waals surface area (Å²) in [5, 5.41) is 2.45. The summed E-state index contributed by atoms with van der Waals surface area (Å²) in [4.78, 5) is 8.90. The predicted octanol–water partition coefficient (Wildman–Crippen LogP) is 7.56. The second-order valence-electron chi connectivity index (χ2n) is 7.79. The largest absolute Gasteiger partial charge is 0.494 e. The first-order valence-electron chi connectivity index (χ1n) is 10.7. The summed E-state index contributed by atoms with van der Waals surface area (Å²) >= 11 is 5.94. The van der Waals surface area contributed by atoms with Crippen LogP contribution in [-0.4, -0.2) is 24.2 Å². The van der Waals surface area contributed by atoms with Crippen molar-refractivity contribution in [2.24, 2.45) is 0 Å². The quantitative estimate of drug-likeness (QED) is 0.253. The summed E-state index contributed by atoms with van der Waals surface area (Å²) in [5.41, 5.74) is 4.96. The van der Waals surface area contributed by atoms with Gasteiger partial charge in [0.05, 0.1) is 25.3 Å². The lowest BCUT2D eigenvalue weighted by Gasteiger charge is -2.11. The number of fused-ring (bicyclic) bond motifs is 2. The SMILES string of the molecule is COc1cc2cccc(C)c2nc1-c1ccccc1F.COc1cc2cccc(C)c2nc1Cl. The zero-order chi connectivity index (χ0) is 24.2. The van der Waals surface area contributed by atoms with E-state index in [9.17, 15) is 4.39 Å². The first-order valence-corrected chi connectivity index (χ1v) is 11.1. The van der Waals surface area contributed by atoms with Gasteiger partial charge in [-0.15, -0.1) is 0 Å². The average Bonchev–Trinajstić information content (AvgIpc) is 2.84. The van der Waals surface area contributed by atoms with Gasteiger partial charge >= 0.3 is 0 Å². The molecular weight excluding hydrogens is 451 g/mol. The van der Waals surface area contributed by atoms with Crippen LogP contribution in [0.15, 0.2) is 72.8 Å². The fourth-order valence-corrected chi connectivity index (χ4v) is 3.99. The van der Waals surface area contributed by atoms with Gasteiger partial charge in [-0.3, -0.25) is 0 Å². The summed E-state index contributed by atoms with van der Waals surface area (Å²) < 4.78 is 24.5. The van der Waals surface area contributed by atoms with Crippen LogP contribution in [-0.2, 0) is 0 Å². The molecule has 0 amide bonds. The van der Waals surface area contributed by atoms with E-state index in [1.807, 2.05) is 62.4 Å². The molecule has 0 aliphatic heterocycles. The van der Waals surface area contributed by atoms with Crippen molar-refractivity contribution in [3.8, 4) is 22.8 Å². The van der Waals surface area contributed by atoms with E-state index in [1.165, 1.54) is 6.07 Å². The van der Waals surface area contributed by atoms with Gasteiger partial charge in [-0.25, -0.2) is 14.4 Å². The number of pyridine rings is 2. The number of ether oxygens (including phenoxy) is 2. The zero-order valence-electron chi connectivity index (χ0n) is 19.4. The van der Waals surface area contributed by atoms with Gasteiger partial charge in [0, 0.05) is 16.3 Å². The minimum absolute atomic E-state index is 0.300. The molecule has 172 valence electrons. The number of nitrogens with zero attached hydrogens (tertiary/aromatic N) is 2. The number of aromatic nitrogens is 2. The molecule has 34 heavy (non-hydrogen) atoms. The van der Waals surface area contributed by atoms with Gasteiger partial charge in [0.25, 0.3) is 0 Å². The molecule has 3 aromatic carbocycles. The van der Waals surface area contributed by atoms with Crippen LogP contribution in [0.2, 0.25) is 5.15 Å². The maximum absolute atomic E-state index is 14.0. The highest BCUT2D eigenvalue weighted by Crippen LogP contribution is 2.33. The van der Waals surface area contributed by atoms with E-state index in [2.05, 4.69) is 9.97 Å². The minimum atomic E-state index is -0.300. The second kappa shape index (κ2) is 10.1. The molecule has 0 saturated carbocycles. The molecule has 0 N–H and O–H groups in total. The summed E-state index contributed by atoms with van der Waals surface area (Å²) in [5.74, 6) is 0.893. The van der Waals surface area contributed by atoms with E-state index in [-0.39, 0.29) is 5.82 Å². The summed E-state index contributed by atoms with van der Waals surface area (Å²) in [6.45, 7) is 4.01. The number of halogens is 2. The van der Waals surface area contributed by atoms with Crippen LogP contribution in [0.4, 0.5) is 4.39 Å². The molecule has 0 radical (unpaired) electrons. The van der Waals surface area contributed by atoms with Crippen LogP contribution in [0.5, 0.6) is 11.5 Å². The Bertz CT molecular complexity index is 1490. The highest BCUT2D eigenvalue weighted by atomic mass is 35.5. The van der Waals surface area contributed by atoms with Crippen molar-refractivity contribution < 1.29 is 13.9 Å². The Hall–Kier alpha value is -3.70. The summed E-state index contributed by atoms with van der Waals surface area (Å²) in [6, 6.07) is 22.3. The number of hydrogen-bond acceptors (Lipinski definition) is 4. The lowest BCUT2D eigenvalue weighted by atomic mass is 10.1. The lowest BCUT2D eigenvalue weighted by Crippen LogP contribution is -1.95. The fourth-order valence-electron chi connectivity index (χ4n) is 3.78. The third-order valence-corrected chi connectivity index (χ3v) is 5.82. The average molecular weight is 475 g/mol. The summed E-state index contributed by atoms with van der Waals surface area (Å²) in [7, 11) is 3.16. The molecule has 0 bridgehead atoms. The first-order chi connectivity index (χ1) is 16.4. The molecule has 4 nitrogen and oxygen atoms in total. The topological polar surface area (TPSA) is 44.2 Å². The third-order valence-electron chi connectivity index (χ3n) is 5.55. The van der Waals surface area contributed by atoms with Crippen LogP contribution in [0.1, 0.15) is 11.1 Å². The van der Waals surface area contributed by atoms with E-state index in [4.69, 9.17) is 21.1 Å². The molecule has 0 unspecified atom stereocenters. The van der Waals surface area contributed by atoms with Gasteiger partial charge in [0.15, 0.2) is 10.9 Å². The number of hydrogen-bond donors (Lipinski definition) is 0. The van der Waals surface area contributed by atoms with E-state index in [1.54, 1.807) is 32.4 Å². The molecule has 5 rings (SSSR count). The number of para-hydroxylation sites is 2. The Morgan fingerprint density at radius 1 is 0.706 bits per heavy atom. The van der Waals surface area contributed by atoms with Gasteiger partial charge in [-0.1, -0.05) is 60.1 Å². The van der Waals surface area contributed by atoms with Crippen molar-refractivity contribution in [2.45, 2.75) is 13.8 Å². The van der Waals surface area contributed by atoms with Crippen molar-refractivity contribution in [3.63, 3.8) is 0 Å². The molecule has 2 aromatic heterocycles. The van der Waals surface area contributed by atoms with Crippen LogP contribution >= 0.6 is 11.6 Å². The molecule has 0 aliphatic carbocycles. The predicted molar refractivity (Wildman–Crippen MR) is 136 cm³/mol. The van der Waals surface area contributed by atoms with Crippen LogP contribution in [0, 0.1) is 19.7 Å². The van der Waals surface area contributed by atoms with Gasteiger partial charge in [-0.2, -0.15) is 0 Å². The summed E-state index contributed by atoms with van der Waals surface area (Å²) in [6.07, 6.45) is 0. The Labute approximate surface area is 203 Å². The Morgan fingerprint density at radius 2 is 1.26 bits per heavy atom. The number of rotatable bonds is 3. The second-order valence-corrected chi connectivity index (χ2v) is 8.15. The van der Waals surface area contributed by atoms with Gasteiger partial charge in [-0.05, 0) is 49.2 Å². The fraction of sp³-hybridized carbons (Fsp3) is 0.143. The number of benzene rings is 3. The monoisotopic (exact) mass is 474 g/mol. The van der Waals surface area contributed by atoms with Gasteiger partial charge in [0.1, 0.15) is 17.3 Å². The van der Waals surface area contributed by atoms with E-state index < -0.39 is 0 Å². The van der Waals surface area contributed by atoms with E-state index >= 15 is 0 Å². The zero-order valence-corrected chi connectivity index (χ0v) is 20.2. The Morgan fingerprint density at radius 3 is 1.85 bits per heavy atom. The molecular formula is C28H24ClFN2O2. The standard InChI is InChI=1S/C17H14FNO.C11H10ClNO/c1-11-6-5-7-12-10-15(20-2)17(19-16(11)12)13-8-3-4-9-14(13)18;1-7-4-3-5-8-6-9(14-2)11(12)13-10(7)8/h3-10H,1-2H3;3-6H,1-2H3.